The molecule has 2 amide bonds. The fraction of sp³-hybridized carbons (Fsp3) is 0.263. The lowest BCUT2D eigenvalue weighted by Crippen LogP contribution is -2.44. The van der Waals surface area contributed by atoms with E-state index in [0.29, 0.717) is 34.3 Å². The number of nitrogens with zero attached hydrogens (tertiary/aromatic N) is 1. The van der Waals surface area contributed by atoms with Crippen molar-refractivity contribution < 1.29 is 22.7 Å². The highest BCUT2D eigenvalue weighted by atomic mass is 32.2. The van der Waals surface area contributed by atoms with Crippen LogP contribution in [0.3, 0.4) is 0 Å². The third kappa shape index (κ3) is 5.42. The van der Waals surface area contributed by atoms with Crippen LogP contribution < -0.4 is 14.8 Å². The molecule has 2 aromatic carbocycles. The summed E-state index contributed by atoms with van der Waals surface area (Å²) in [6, 6.07) is 12.5. The van der Waals surface area contributed by atoms with E-state index < -0.39 is 16.1 Å². The van der Waals surface area contributed by atoms with E-state index in [9.17, 15) is 18.0 Å². The van der Waals surface area contributed by atoms with E-state index in [1.54, 1.807) is 49.6 Å². The predicted molar refractivity (Wildman–Crippen MR) is 114 cm³/mol. The molecule has 0 radical (unpaired) electrons. The minimum absolute atomic E-state index is 0.279. The molecule has 1 fully saturated rings. The van der Waals surface area contributed by atoms with E-state index in [1.165, 1.54) is 22.7 Å². The van der Waals surface area contributed by atoms with Crippen LogP contribution in [0.25, 0.3) is 0 Å². The lowest BCUT2D eigenvalue weighted by atomic mass is 10.1. The Morgan fingerprint density at radius 2 is 1.86 bits per heavy atom. The van der Waals surface area contributed by atoms with Crippen molar-refractivity contribution in [3.05, 3.63) is 54.1 Å². The number of hydrogen-bond donors (Lipinski definition) is 2. The van der Waals surface area contributed by atoms with Gasteiger partial charge in [0.2, 0.25) is 15.9 Å². The molecule has 0 saturated carbocycles. The molecule has 1 heterocycles. The van der Waals surface area contributed by atoms with Crippen LogP contribution in [0.15, 0.2) is 48.5 Å². The standard InChI is InChI=1S/C19H21N3O5S2/c1-27-16-8-6-14(7-9-16)20-18(23)17-11-28-12-22(17)19(24)13-4-3-5-15(10-13)21-29(2,25)26/h3-10,17,21H,11-12H2,1-2H3,(H,20,23). The molecule has 3 rings (SSSR count). The number of nitrogens with one attached hydrogen (secondary N) is 2. The normalized spacial score (nSPS) is 16.3. The molecule has 29 heavy (non-hydrogen) atoms. The molecule has 154 valence electrons. The van der Waals surface area contributed by atoms with Crippen LogP contribution in [-0.4, -0.2) is 56.2 Å². The Hall–Kier alpha value is -2.72. The van der Waals surface area contributed by atoms with Crippen molar-refractivity contribution in [3.63, 3.8) is 0 Å². The summed E-state index contributed by atoms with van der Waals surface area (Å²) in [5.41, 5.74) is 1.22. The minimum Gasteiger partial charge on any atom is -0.497 e. The van der Waals surface area contributed by atoms with Crippen molar-refractivity contribution in [1.29, 1.82) is 0 Å². The number of sulfonamides is 1. The second kappa shape index (κ2) is 8.75. The van der Waals surface area contributed by atoms with Crippen molar-refractivity contribution in [3.8, 4) is 5.75 Å². The van der Waals surface area contributed by atoms with Crippen molar-refractivity contribution in [2.45, 2.75) is 6.04 Å². The van der Waals surface area contributed by atoms with Crippen molar-refractivity contribution in [2.75, 3.05) is 35.0 Å². The van der Waals surface area contributed by atoms with Gasteiger partial charge in [0.25, 0.3) is 5.91 Å². The quantitative estimate of drug-likeness (QED) is 0.721. The van der Waals surface area contributed by atoms with Crippen molar-refractivity contribution in [1.82, 2.24) is 4.90 Å². The molecule has 0 bridgehead atoms. The molecule has 0 aromatic heterocycles. The average molecular weight is 436 g/mol. The number of benzene rings is 2. The van der Waals surface area contributed by atoms with Crippen LogP contribution in [0, 0.1) is 0 Å². The maximum atomic E-state index is 13.0. The molecule has 2 aromatic rings. The zero-order chi connectivity index (χ0) is 21.0. The number of carbonyl (C=O) groups is 2. The van der Waals surface area contributed by atoms with Crippen LogP contribution in [0.1, 0.15) is 10.4 Å². The Morgan fingerprint density at radius 1 is 1.14 bits per heavy atom. The molecule has 1 saturated heterocycles. The second-order valence-corrected chi connectivity index (χ2v) is 9.21. The first-order valence-corrected chi connectivity index (χ1v) is 11.7. The third-order valence-corrected chi connectivity index (χ3v) is 5.83. The number of methoxy groups -OCH3 is 1. The molecular formula is C19H21N3O5S2. The monoisotopic (exact) mass is 435 g/mol. The fourth-order valence-electron chi connectivity index (χ4n) is 2.86. The molecule has 1 aliphatic rings. The van der Waals surface area contributed by atoms with Gasteiger partial charge in [-0.05, 0) is 42.5 Å². The Labute approximate surface area is 173 Å². The SMILES string of the molecule is COc1ccc(NC(=O)C2CSCN2C(=O)c2cccc(NS(C)(=O)=O)c2)cc1. The number of amides is 2. The van der Waals surface area contributed by atoms with Crippen LogP contribution in [0.4, 0.5) is 11.4 Å². The molecular weight excluding hydrogens is 414 g/mol. The fourth-order valence-corrected chi connectivity index (χ4v) is 4.56. The third-order valence-electron chi connectivity index (χ3n) is 4.22. The van der Waals surface area contributed by atoms with Gasteiger partial charge in [0.15, 0.2) is 0 Å². The van der Waals surface area contributed by atoms with Gasteiger partial charge in [0.05, 0.1) is 19.2 Å². The maximum absolute atomic E-state index is 13.0. The first-order chi connectivity index (χ1) is 13.8. The summed E-state index contributed by atoms with van der Waals surface area (Å²) < 4.78 is 30.3. The van der Waals surface area contributed by atoms with Crippen LogP contribution in [0.5, 0.6) is 5.75 Å². The van der Waals surface area contributed by atoms with E-state index >= 15 is 0 Å². The zero-order valence-electron chi connectivity index (χ0n) is 15.9. The second-order valence-electron chi connectivity index (χ2n) is 6.46. The van der Waals surface area contributed by atoms with Gasteiger partial charge in [-0.2, -0.15) is 0 Å². The zero-order valence-corrected chi connectivity index (χ0v) is 17.5. The van der Waals surface area contributed by atoms with E-state index in [-0.39, 0.29) is 11.8 Å². The Bertz CT molecular complexity index is 1010. The number of anilines is 2. The number of thioether (sulfide) groups is 1. The minimum atomic E-state index is -3.45. The highest BCUT2D eigenvalue weighted by Gasteiger charge is 2.35. The number of ether oxygens (including phenoxy) is 1. The molecule has 0 aliphatic carbocycles. The van der Waals surface area contributed by atoms with E-state index in [1.807, 2.05) is 0 Å². The first-order valence-electron chi connectivity index (χ1n) is 8.68. The summed E-state index contributed by atoms with van der Waals surface area (Å²) in [7, 11) is -1.89. The first kappa shape index (κ1) is 21.0. The van der Waals surface area contributed by atoms with E-state index in [2.05, 4.69) is 10.0 Å². The number of carbonyl (C=O) groups excluding carboxylic acids is 2. The maximum Gasteiger partial charge on any atom is 0.255 e. The van der Waals surface area contributed by atoms with Gasteiger partial charge >= 0.3 is 0 Å². The Balaban J connectivity index is 1.73. The highest BCUT2D eigenvalue weighted by molar-refractivity contribution is 7.99. The number of hydrogen-bond acceptors (Lipinski definition) is 6. The van der Waals surface area contributed by atoms with E-state index in [4.69, 9.17) is 4.74 Å². The molecule has 0 spiro atoms. The molecule has 10 heteroatoms. The van der Waals surface area contributed by atoms with Gasteiger partial charge in [0.1, 0.15) is 11.8 Å². The summed E-state index contributed by atoms with van der Waals surface area (Å²) in [4.78, 5) is 27.2. The van der Waals surface area contributed by atoms with Gasteiger partial charge in [0, 0.05) is 22.7 Å². The molecule has 2 N–H and O–H groups in total. The number of rotatable bonds is 6. The lowest BCUT2D eigenvalue weighted by molar-refractivity contribution is -0.119. The molecule has 1 aliphatic heterocycles. The summed E-state index contributed by atoms with van der Waals surface area (Å²) in [6.07, 6.45) is 1.04. The topological polar surface area (TPSA) is 105 Å². The Morgan fingerprint density at radius 3 is 2.52 bits per heavy atom. The van der Waals surface area contributed by atoms with Gasteiger partial charge in [-0.15, -0.1) is 11.8 Å². The van der Waals surface area contributed by atoms with Gasteiger partial charge in [-0.1, -0.05) is 6.07 Å². The van der Waals surface area contributed by atoms with Gasteiger partial charge in [-0.3, -0.25) is 14.3 Å². The molecule has 1 unspecified atom stereocenters. The smallest absolute Gasteiger partial charge is 0.255 e. The highest BCUT2D eigenvalue weighted by Crippen LogP contribution is 2.25. The molecule has 8 nitrogen and oxygen atoms in total. The van der Waals surface area contributed by atoms with Crippen LogP contribution in [0.2, 0.25) is 0 Å². The van der Waals surface area contributed by atoms with Gasteiger partial charge < -0.3 is 15.0 Å². The van der Waals surface area contributed by atoms with Gasteiger partial charge in [-0.25, -0.2) is 8.42 Å². The largest absolute Gasteiger partial charge is 0.497 e. The van der Waals surface area contributed by atoms with Crippen molar-refractivity contribution >= 4 is 45.0 Å². The van der Waals surface area contributed by atoms with Crippen molar-refractivity contribution in [2.24, 2.45) is 0 Å². The summed E-state index contributed by atoms with van der Waals surface area (Å²) >= 11 is 1.49. The van der Waals surface area contributed by atoms with Crippen LogP contribution >= 0.6 is 11.8 Å². The Kier molecular flexibility index (Phi) is 6.33. The summed E-state index contributed by atoms with van der Waals surface area (Å²) in [6.45, 7) is 0. The molecule has 1 atom stereocenters. The van der Waals surface area contributed by atoms with Crippen LogP contribution in [-0.2, 0) is 14.8 Å². The summed E-state index contributed by atoms with van der Waals surface area (Å²) in [5, 5.41) is 2.82. The summed E-state index contributed by atoms with van der Waals surface area (Å²) in [5.74, 6) is 0.929. The van der Waals surface area contributed by atoms with E-state index in [0.717, 1.165) is 6.26 Å². The predicted octanol–water partition coefficient (Wildman–Crippen LogP) is 2.22. The average Bonchev–Trinajstić information content (AvgIpc) is 3.17. The lowest BCUT2D eigenvalue weighted by Gasteiger charge is -2.23.